The summed E-state index contributed by atoms with van der Waals surface area (Å²) >= 11 is 0. The third-order valence-corrected chi connectivity index (χ3v) is 7.43. The van der Waals surface area contributed by atoms with Crippen molar-refractivity contribution in [1.29, 1.82) is 0 Å². The van der Waals surface area contributed by atoms with E-state index in [2.05, 4.69) is 26.6 Å². The number of pyridine rings is 4. The molecule has 0 bridgehead atoms. The minimum atomic E-state index is -4.88. The van der Waals surface area contributed by atoms with Crippen LogP contribution >= 0.6 is 0 Å². The summed E-state index contributed by atoms with van der Waals surface area (Å²) in [6.45, 7) is 3.65. The molecule has 0 aromatic carbocycles. The number of fused-ring (bicyclic) bond motifs is 1. The fourth-order valence-electron chi connectivity index (χ4n) is 5.61. The van der Waals surface area contributed by atoms with Gasteiger partial charge in [-0.15, -0.1) is 13.2 Å². The van der Waals surface area contributed by atoms with Crippen molar-refractivity contribution < 1.29 is 22.6 Å². The molecule has 0 radical (unpaired) electrons. The fourth-order valence-corrected chi connectivity index (χ4v) is 5.61. The predicted molar refractivity (Wildman–Crippen MR) is 140 cm³/mol. The Bertz CT molecular complexity index is 1560. The Morgan fingerprint density at radius 3 is 2.46 bits per heavy atom. The Balaban J connectivity index is 1.50. The molecular weight excluding hydrogens is 509 g/mol. The number of ether oxygens (including phenoxy) is 2. The van der Waals surface area contributed by atoms with Gasteiger partial charge in [0.1, 0.15) is 11.3 Å². The predicted octanol–water partition coefficient (Wildman–Crippen LogP) is 6.20. The van der Waals surface area contributed by atoms with E-state index in [0.29, 0.717) is 22.8 Å². The summed E-state index contributed by atoms with van der Waals surface area (Å²) < 4.78 is 50.2. The van der Waals surface area contributed by atoms with E-state index >= 15 is 0 Å². The molecule has 0 aliphatic heterocycles. The van der Waals surface area contributed by atoms with Gasteiger partial charge in [-0.1, -0.05) is 0 Å². The molecule has 39 heavy (non-hydrogen) atoms. The van der Waals surface area contributed by atoms with E-state index in [1.807, 2.05) is 24.3 Å². The van der Waals surface area contributed by atoms with Gasteiger partial charge in [-0.05, 0) is 93.3 Å². The quantitative estimate of drug-likeness (QED) is 0.291. The van der Waals surface area contributed by atoms with Crippen LogP contribution in [0, 0.1) is 13.8 Å². The molecular formula is C29H29F3N4O3. The van der Waals surface area contributed by atoms with Crippen molar-refractivity contribution in [3.05, 3.63) is 87.2 Å². The van der Waals surface area contributed by atoms with E-state index in [4.69, 9.17) is 4.74 Å². The number of methoxy groups -OCH3 is 1. The van der Waals surface area contributed by atoms with Gasteiger partial charge in [-0.3, -0.25) is 14.3 Å². The second kappa shape index (κ2) is 10.7. The van der Waals surface area contributed by atoms with Crippen LogP contribution in [0.1, 0.15) is 65.6 Å². The molecule has 1 aliphatic rings. The van der Waals surface area contributed by atoms with Gasteiger partial charge in [0, 0.05) is 34.6 Å². The first-order chi connectivity index (χ1) is 18.6. The molecule has 4 aromatic rings. The summed E-state index contributed by atoms with van der Waals surface area (Å²) in [5.74, 6) is 0.473. The summed E-state index contributed by atoms with van der Waals surface area (Å²) in [7, 11) is 1.62. The van der Waals surface area contributed by atoms with Crippen LogP contribution < -0.4 is 15.0 Å². The first kappa shape index (κ1) is 26.6. The lowest BCUT2D eigenvalue weighted by atomic mass is 9.75. The molecule has 0 unspecified atom stereocenters. The summed E-state index contributed by atoms with van der Waals surface area (Å²) in [5.41, 5.74) is 3.70. The second-order valence-corrected chi connectivity index (χ2v) is 9.95. The maximum atomic E-state index is 13.9. The zero-order valence-corrected chi connectivity index (χ0v) is 22.0. The molecule has 1 fully saturated rings. The van der Waals surface area contributed by atoms with Crippen LogP contribution in [-0.4, -0.2) is 33.0 Å². The van der Waals surface area contributed by atoms with Gasteiger partial charge in [-0.2, -0.15) is 0 Å². The zero-order chi connectivity index (χ0) is 27.7. The molecule has 0 spiro atoms. The molecule has 0 N–H and O–H groups in total. The molecule has 0 atom stereocenters. The molecule has 204 valence electrons. The third kappa shape index (κ3) is 5.60. The summed E-state index contributed by atoms with van der Waals surface area (Å²) in [4.78, 5) is 26.9. The molecule has 10 heteroatoms. The zero-order valence-electron chi connectivity index (χ0n) is 22.0. The van der Waals surface area contributed by atoms with Crippen molar-refractivity contribution in [3.63, 3.8) is 0 Å². The maximum absolute atomic E-state index is 13.9. The van der Waals surface area contributed by atoms with Crippen molar-refractivity contribution >= 4 is 11.0 Å². The van der Waals surface area contributed by atoms with Gasteiger partial charge in [0.25, 0.3) is 5.56 Å². The van der Waals surface area contributed by atoms with E-state index in [1.165, 1.54) is 22.9 Å². The van der Waals surface area contributed by atoms with E-state index < -0.39 is 12.1 Å². The molecule has 4 aromatic heterocycles. The number of halogens is 3. The Kier molecular flexibility index (Phi) is 7.29. The van der Waals surface area contributed by atoms with Gasteiger partial charge in [0.15, 0.2) is 5.75 Å². The minimum Gasteiger partial charge on any atom is -0.481 e. The average Bonchev–Trinajstić information content (AvgIpc) is 2.90. The first-order valence-electron chi connectivity index (χ1n) is 12.8. The monoisotopic (exact) mass is 538 g/mol. The van der Waals surface area contributed by atoms with Crippen LogP contribution in [0.25, 0.3) is 11.0 Å². The summed E-state index contributed by atoms with van der Waals surface area (Å²) in [6.07, 6.45) is 1.54. The van der Waals surface area contributed by atoms with Crippen molar-refractivity contribution in [2.24, 2.45) is 0 Å². The Morgan fingerprint density at radius 2 is 1.74 bits per heavy atom. The van der Waals surface area contributed by atoms with Crippen molar-refractivity contribution in [3.8, 4) is 11.6 Å². The van der Waals surface area contributed by atoms with Crippen LogP contribution in [0.3, 0.4) is 0 Å². The van der Waals surface area contributed by atoms with E-state index in [0.717, 1.165) is 42.2 Å². The van der Waals surface area contributed by atoms with Gasteiger partial charge in [-0.25, -0.2) is 9.97 Å². The minimum absolute atomic E-state index is 0.00142. The largest absolute Gasteiger partial charge is 0.573 e. The molecule has 4 heterocycles. The number of nitrogens with zero attached hydrogens (tertiary/aromatic N) is 4. The number of rotatable bonds is 6. The average molecular weight is 539 g/mol. The van der Waals surface area contributed by atoms with Crippen LogP contribution in [0.5, 0.6) is 11.6 Å². The maximum Gasteiger partial charge on any atom is 0.573 e. The smallest absolute Gasteiger partial charge is 0.481 e. The molecule has 7 nitrogen and oxygen atoms in total. The Labute approximate surface area is 223 Å². The van der Waals surface area contributed by atoms with Crippen LogP contribution in [0.4, 0.5) is 13.2 Å². The van der Waals surface area contributed by atoms with Crippen LogP contribution in [0.15, 0.2) is 53.6 Å². The van der Waals surface area contributed by atoms with Crippen molar-refractivity contribution in [1.82, 2.24) is 19.5 Å². The highest BCUT2D eigenvalue weighted by molar-refractivity contribution is 5.76. The van der Waals surface area contributed by atoms with Crippen molar-refractivity contribution in [2.45, 2.75) is 64.3 Å². The van der Waals surface area contributed by atoms with E-state index in [-0.39, 0.29) is 29.6 Å². The topological polar surface area (TPSA) is 79.1 Å². The number of hydrogen-bond donors (Lipinski definition) is 0. The lowest BCUT2D eigenvalue weighted by Crippen LogP contribution is -2.29. The standard InChI is InChI=1S/C29H29F3N4O3/c1-17-12-14-34-27(38-3)25(17)20-10-8-19(9-11-20)22-15-21-7-6-18(2)35-26(21)36(28(22)37)16-23-24(5-4-13-33-23)39-29(30,31)32/h4-7,12-15,19-20H,8-11,16H2,1-3H3/t19-,20-. The lowest BCUT2D eigenvalue weighted by molar-refractivity contribution is -0.275. The van der Waals surface area contributed by atoms with Gasteiger partial charge in [0.05, 0.1) is 13.7 Å². The Hall–Kier alpha value is -3.95. The highest BCUT2D eigenvalue weighted by Gasteiger charge is 2.33. The van der Waals surface area contributed by atoms with Gasteiger partial charge >= 0.3 is 6.36 Å². The normalized spacial score (nSPS) is 17.8. The molecule has 5 rings (SSSR count). The number of alkyl halides is 3. The van der Waals surface area contributed by atoms with Crippen LogP contribution in [0.2, 0.25) is 0 Å². The highest BCUT2D eigenvalue weighted by Crippen LogP contribution is 2.43. The summed E-state index contributed by atoms with van der Waals surface area (Å²) in [5, 5.41) is 0.747. The molecule has 0 amide bonds. The number of hydrogen-bond acceptors (Lipinski definition) is 6. The molecule has 1 saturated carbocycles. The number of aromatic nitrogens is 4. The first-order valence-corrected chi connectivity index (χ1v) is 12.8. The third-order valence-electron chi connectivity index (χ3n) is 7.43. The molecule has 0 saturated heterocycles. The van der Waals surface area contributed by atoms with Gasteiger partial charge in [0.2, 0.25) is 5.88 Å². The highest BCUT2D eigenvalue weighted by atomic mass is 19.4. The van der Waals surface area contributed by atoms with E-state index in [1.54, 1.807) is 20.2 Å². The SMILES string of the molecule is COc1nccc(C)c1[C@H]1CC[C@H](c2cc3ccc(C)nc3n(Cc3ncccc3OC(F)(F)F)c2=O)CC1. The summed E-state index contributed by atoms with van der Waals surface area (Å²) in [6, 6.07) is 10.2. The fraction of sp³-hybridized carbons (Fsp3) is 0.379. The molecule has 1 aliphatic carbocycles. The number of aryl methyl sites for hydroxylation is 2. The van der Waals surface area contributed by atoms with Crippen molar-refractivity contribution in [2.75, 3.05) is 7.11 Å². The second-order valence-electron chi connectivity index (χ2n) is 9.95. The lowest BCUT2D eigenvalue weighted by Gasteiger charge is -2.30. The van der Waals surface area contributed by atoms with Crippen LogP contribution in [-0.2, 0) is 6.54 Å². The Morgan fingerprint density at radius 1 is 1.00 bits per heavy atom. The van der Waals surface area contributed by atoms with E-state index in [9.17, 15) is 18.0 Å². The van der Waals surface area contributed by atoms with Gasteiger partial charge < -0.3 is 9.47 Å².